The Hall–Kier alpha value is -0.520. The molecule has 20 heavy (non-hydrogen) atoms. The average Bonchev–Trinajstić information content (AvgIpc) is 2.40. The third-order valence-corrected chi connectivity index (χ3v) is 5.80. The lowest BCUT2D eigenvalue weighted by atomic mass is 10.1. The van der Waals surface area contributed by atoms with Gasteiger partial charge < -0.3 is 18.9 Å². The van der Waals surface area contributed by atoms with E-state index >= 15 is 0 Å². The van der Waals surface area contributed by atoms with Crippen molar-refractivity contribution >= 4 is 29.8 Å². The van der Waals surface area contributed by atoms with Crippen molar-refractivity contribution in [3.8, 4) is 0 Å². The molecular formula is C13H18BrO5P. The number of halogens is 1. The molecule has 112 valence electrons. The minimum Gasteiger partial charge on any atom is -0.373 e. The molecular weight excluding hydrogens is 347 g/mol. The first-order valence-electron chi connectivity index (χ1n) is 6.24. The van der Waals surface area contributed by atoms with Gasteiger partial charge in [-0.2, -0.15) is 0 Å². The molecule has 0 saturated carbocycles. The topological polar surface area (TPSA) is 72.8 Å². The van der Waals surface area contributed by atoms with Gasteiger partial charge in [-0.15, -0.1) is 0 Å². The maximum atomic E-state index is 12.8. The summed E-state index contributed by atoms with van der Waals surface area (Å²) in [5, 5.41) is 8.81. The minimum atomic E-state index is -3.89. The normalized spacial score (nSPS) is 14.8. The number of benzene rings is 1. The Bertz CT molecular complexity index is 480. The maximum absolute atomic E-state index is 12.8. The van der Waals surface area contributed by atoms with Gasteiger partial charge in [0.05, 0.1) is 13.2 Å². The number of hydrogen-bond acceptors (Lipinski definition) is 5. The molecule has 0 aromatic heterocycles. The Balaban J connectivity index is 3.34. The summed E-state index contributed by atoms with van der Waals surface area (Å²) in [6, 6.07) is 6.54. The lowest BCUT2D eigenvalue weighted by Crippen LogP contribution is -2.29. The second-order valence-corrected chi connectivity index (χ2v) is 7.19. The number of carbonyl (C=O) groups is 1. The maximum Gasteiger partial charge on any atom is 0.366 e. The van der Waals surface area contributed by atoms with Crippen LogP contribution in [0.5, 0.6) is 0 Å². The molecule has 0 radical (unpaired) electrons. The molecule has 0 aliphatic heterocycles. The van der Waals surface area contributed by atoms with Crippen molar-refractivity contribution in [2.45, 2.75) is 25.6 Å². The van der Waals surface area contributed by atoms with E-state index in [0.717, 1.165) is 4.47 Å². The van der Waals surface area contributed by atoms with Crippen molar-refractivity contribution in [3.05, 3.63) is 34.3 Å². The van der Waals surface area contributed by atoms with Crippen LogP contribution in [0.3, 0.4) is 0 Å². The molecule has 1 aromatic rings. The van der Waals surface area contributed by atoms with Crippen LogP contribution in [0.1, 0.15) is 25.8 Å². The fourth-order valence-corrected chi connectivity index (χ4v) is 4.02. The molecule has 0 spiro atoms. The predicted molar refractivity (Wildman–Crippen MR) is 79.6 cm³/mol. The highest BCUT2D eigenvalue weighted by Crippen LogP contribution is 2.64. The van der Waals surface area contributed by atoms with E-state index in [4.69, 9.17) is 9.05 Å². The number of aliphatic hydroxyl groups is 1. The smallest absolute Gasteiger partial charge is 0.366 e. The Morgan fingerprint density at radius 2 is 1.75 bits per heavy atom. The van der Waals surface area contributed by atoms with Crippen molar-refractivity contribution in [1.29, 1.82) is 0 Å². The summed E-state index contributed by atoms with van der Waals surface area (Å²) in [6.45, 7) is 3.51. The van der Waals surface area contributed by atoms with Crippen LogP contribution in [0.2, 0.25) is 0 Å². The van der Waals surface area contributed by atoms with Crippen molar-refractivity contribution < 1.29 is 23.5 Å². The van der Waals surface area contributed by atoms with Crippen LogP contribution in [0.4, 0.5) is 0 Å². The van der Waals surface area contributed by atoms with Gasteiger partial charge >= 0.3 is 7.60 Å². The van der Waals surface area contributed by atoms with E-state index in [1.54, 1.807) is 38.1 Å². The molecule has 0 unspecified atom stereocenters. The lowest BCUT2D eigenvalue weighted by Gasteiger charge is -2.33. The largest absolute Gasteiger partial charge is 0.373 e. The molecule has 1 atom stereocenters. The zero-order chi connectivity index (χ0) is 15.2. The van der Waals surface area contributed by atoms with Crippen LogP contribution in [0, 0.1) is 0 Å². The van der Waals surface area contributed by atoms with Crippen molar-refractivity contribution in [3.63, 3.8) is 0 Å². The zero-order valence-electron chi connectivity index (χ0n) is 11.4. The van der Waals surface area contributed by atoms with E-state index in [-0.39, 0.29) is 19.6 Å². The van der Waals surface area contributed by atoms with E-state index in [2.05, 4.69) is 15.9 Å². The third-order valence-electron chi connectivity index (χ3n) is 2.73. The third kappa shape index (κ3) is 3.57. The first-order chi connectivity index (χ1) is 9.43. The molecule has 0 aliphatic rings. The summed E-state index contributed by atoms with van der Waals surface area (Å²) in [7, 11) is -3.89. The fourth-order valence-electron chi connectivity index (χ4n) is 1.81. The van der Waals surface area contributed by atoms with E-state index in [0.29, 0.717) is 11.8 Å². The van der Waals surface area contributed by atoms with Gasteiger partial charge in [0, 0.05) is 10.9 Å². The lowest BCUT2D eigenvalue weighted by molar-refractivity contribution is -0.111. The van der Waals surface area contributed by atoms with Crippen LogP contribution in [-0.2, 0) is 23.7 Å². The van der Waals surface area contributed by atoms with Gasteiger partial charge in [-0.25, -0.2) is 0 Å². The molecule has 1 rings (SSSR count). The van der Waals surface area contributed by atoms with Gasteiger partial charge in [-0.3, -0.25) is 4.57 Å². The summed E-state index contributed by atoms with van der Waals surface area (Å²) < 4.78 is 24.0. The Labute approximate surface area is 126 Å². The van der Waals surface area contributed by atoms with Crippen LogP contribution in [0.15, 0.2) is 28.7 Å². The molecule has 1 N–H and O–H groups in total. The van der Waals surface area contributed by atoms with Gasteiger partial charge in [0.1, 0.15) is 6.29 Å². The van der Waals surface area contributed by atoms with Crippen LogP contribution in [-0.4, -0.2) is 24.6 Å². The second kappa shape index (κ2) is 7.48. The fraction of sp³-hybridized carbons (Fsp3) is 0.462. The molecule has 1 aromatic carbocycles. The van der Waals surface area contributed by atoms with Crippen molar-refractivity contribution in [2.24, 2.45) is 0 Å². The van der Waals surface area contributed by atoms with Gasteiger partial charge in [-0.05, 0) is 31.5 Å². The Morgan fingerprint density at radius 3 is 2.15 bits per heavy atom. The van der Waals surface area contributed by atoms with Crippen molar-refractivity contribution in [2.75, 3.05) is 13.2 Å². The van der Waals surface area contributed by atoms with E-state index in [1.165, 1.54) is 0 Å². The zero-order valence-corrected chi connectivity index (χ0v) is 13.9. The molecule has 0 saturated heterocycles. The van der Waals surface area contributed by atoms with E-state index < -0.39 is 12.9 Å². The highest BCUT2D eigenvalue weighted by molar-refractivity contribution is 9.10. The van der Waals surface area contributed by atoms with Crippen LogP contribution < -0.4 is 0 Å². The number of carbonyl (C=O) groups excluding carboxylic acids is 1. The molecule has 0 amide bonds. The summed E-state index contributed by atoms with van der Waals surface area (Å²) in [5.41, 5.74) is 0.318. The van der Waals surface area contributed by atoms with Gasteiger partial charge in [0.25, 0.3) is 0 Å². The highest BCUT2D eigenvalue weighted by Gasteiger charge is 2.50. The first-order valence-corrected chi connectivity index (χ1v) is 8.58. The average molecular weight is 365 g/mol. The summed E-state index contributed by atoms with van der Waals surface area (Å²) in [5.74, 6) is 0. The predicted octanol–water partition coefficient (Wildman–Crippen LogP) is 3.45. The summed E-state index contributed by atoms with van der Waals surface area (Å²) in [6.07, 6.45) is 0.138. The first kappa shape index (κ1) is 17.5. The van der Waals surface area contributed by atoms with Gasteiger partial charge in [0.15, 0.2) is 5.34 Å². The molecule has 0 aliphatic carbocycles. The summed E-state index contributed by atoms with van der Waals surface area (Å²) >= 11 is 3.28. The Morgan fingerprint density at radius 1 is 1.25 bits per heavy atom. The molecule has 0 bridgehead atoms. The number of aldehydes is 1. The standard InChI is InChI=1S/C13H18BrO5P/c1-3-18-20(17,19-4-2)13(16,9-10-15)11-5-7-12(14)8-6-11/h5-8,10,16H,3-4,9H2,1-2H3/t13-/m0/s1. The highest BCUT2D eigenvalue weighted by atomic mass is 79.9. The minimum absolute atomic E-state index is 0.106. The van der Waals surface area contributed by atoms with Gasteiger partial charge in [-0.1, -0.05) is 28.1 Å². The van der Waals surface area contributed by atoms with E-state index in [1.807, 2.05) is 0 Å². The monoisotopic (exact) mass is 364 g/mol. The molecule has 7 heteroatoms. The number of hydrogen-bond donors (Lipinski definition) is 1. The van der Waals surface area contributed by atoms with Crippen LogP contribution in [0.25, 0.3) is 0 Å². The van der Waals surface area contributed by atoms with E-state index in [9.17, 15) is 14.5 Å². The SMILES string of the molecule is CCOP(=O)(OCC)[C@@](O)(CC=O)c1ccc(Br)cc1. The summed E-state index contributed by atoms with van der Waals surface area (Å²) in [4.78, 5) is 10.9. The molecule has 0 fully saturated rings. The quantitative estimate of drug-likeness (QED) is 0.564. The molecule has 5 nitrogen and oxygen atoms in total. The van der Waals surface area contributed by atoms with Crippen LogP contribution >= 0.6 is 23.5 Å². The van der Waals surface area contributed by atoms with Crippen molar-refractivity contribution in [1.82, 2.24) is 0 Å². The molecule has 0 heterocycles. The second-order valence-electron chi connectivity index (χ2n) is 4.03. The number of rotatable bonds is 8. The Kier molecular flexibility index (Phi) is 6.55. The van der Waals surface area contributed by atoms with Gasteiger partial charge in [0.2, 0.25) is 0 Å².